The molecule has 3 aromatic rings. The van der Waals surface area contributed by atoms with Gasteiger partial charge in [0.2, 0.25) is 5.91 Å². The van der Waals surface area contributed by atoms with Crippen LogP contribution in [0.5, 0.6) is 0 Å². The largest absolute Gasteiger partial charge is 0.420 e. The lowest BCUT2D eigenvalue weighted by Gasteiger charge is -2.25. The van der Waals surface area contributed by atoms with Crippen LogP contribution in [0.15, 0.2) is 57.7 Å². The van der Waals surface area contributed by atoms with E-state index in [1.165, 1.54) is 16.7 Å². The van der Waals surface area contributed by atoms with E-state index >= 15 is 0 Å². The van der Waals surface area contributed by atoms with Crippen LogP contribution in [0.2, 0.25) is 0 Å². The number of halogens is 1. The van der Waals surface area contributed by atoms with Crippen molar-refractivity contribution in [3.63, 3.8) is 0 Å². The van der Waals surface area contributed by atoms with E-state index in [0.29, 0.717) is 17.6 Å². The van der Waals surface area contributed by atoms with Gasteiger partial charge < -0.3 is 9.32 Å². The molecule has 1 atom stereocenters. The predicted octanol–water partition coefficient (Wildman–Crippen LogP) is 3.10. The minimum absolute atomic E-state index is 0.0620. The van der Waals surface area contributed by atoms with Gasteiger partial charge in [-0.15, -0.1) is 0 Å². The second-order valence-electron chi connectivity index (χ2n) is 6.22. The number of hydrogen-bond donors (Lipinski definition) is 0. The average molecular weight is 340 g/mol. The first kappa shape index (κ1) is 15.6. The van der Waals surface area contributed by atoms with Crippen molar-refractivity contribution in [1.29, 1.82) is 0 Å². The number of nitrogens with zero attached hydrogens (tertiary/aromatic N) is 2. The summed E-state index contributed by atoms with van der Waals surface area (Å²) in [5, 5.41) is 0. The maximum absolute atomic E-state index is 13.1. The summed E-state index contributed by atoms with van der Waals surface area (Å²) in [6.07, 6.45) is 1.72. The van der Waals surface area contributed by atoms with Crippen LogP contribution in [0.1, 0.15) is 24.4 Å². The van der Waals surface area contributed by atoms with Crippen LogP contribution >= 0.6 is 0 Å². The molecule has 0 N–H and O–H groups in total. The van der Waals surface area contributed by atoms with Crippen molar-refractivity contribution in [3.05, 3.63) is 70.5 Å². The van der Waals surface area contributed by atoms with Gasteiger partial charge in [-0.25, -0.2) is 9.18 Å². The van der Waals surface area contributed by atoms with Crippen molar-refractivity contribution in [3.8, 4) is 0 Å². The summed E-state index contributed by atoms with van der Waals surface area (Å²) in [6, 6.07) is 13.2. The molecule has 6 heteroatoms. The van der Waals surface area contributed by atoms with Crippen LogP contribution in [0.4, 0.5) is 4.39 Å². The van der Waals surface area contributed by atoms with Gasteiger partial charge in [0.15, 0.2) is 5.58 Å². The number of rotatable bonds is 3. The zero-order valence-electron chi connectivity index (χ0n) is 13.5. The second kappa shape index (κ2) is 6.20. The topological polar surface area (TPSA) is 55.5 Å². The van der Waals surface area contributed by atoms with Crippen molar-refractivity contribution in [1.82, 2.24) is 9.47 Å². The van der Waals surface area contributed by atoms with Crippen molar-refractivity contribution >= 4 is 17.0 Å². The summed E-state index contributed by atoms with van der Waals surface area (Å²) in [6.45, 7) is 0.568. The Bertz CT molecular complexity index is 974. The van der Waals surface area contributed by atoms with Gasteiger partial charge in [0.1, 0.15) is 12.4 Å². The molecule has 25 heavy (non-hydrogen) atoms. The molecule has 1 aliphatic heterocycles. The molecule has 0 aliphatic carbocycles. The Morgan fingerprint density at radius 2 is 1.92 bits per heavy atom. The lowest BCUT2D eigenvalue weighted by Crippen LogP contribution is -2.35. The Kier molecular flexibility index (Phi) is 3.87. The lowest BCUT2D eigenvalue weighted by molar-refractivity contribution is -0.132. The number of oxazole rings is 1. The number of benzene rings is 2. The maximum Gasteiger partial charge on any atom is 0.420 e. The number of hydrogen-bond acceptors (Lipinski definition) is 3. The van der Waals surface area contributed by atoms with Gasteiger partial charge in [-0.05, 0) is 42.7 Å². The first-order chi connectivity index (χ1) is 12.1. The Hall–Kier alpha value is -2.89. The normalized spacial score (nSPS) is 17.3. The van der Waals surface area contributed by atoms with Gasteiger partial charge in [-0.1, -0.05) is 24.3 Å². The van der Waals surface area contributed by atoms with Gasteiger partial charge in [-0.2, -0.15) is 0 Å². The first-order valence-electron chi connectivity index (χ1n) is 8.27. The third-order valence-electron chi connectivity index (χ3n) is 4.70. The molecule has 5 nitrogen and oxygen atoms in total. The highest BCUT2D eigenvalue weighted by molar-refractivity contribution is 5.80. The van der Waals surface area contributed by atoms with Gasteiger partial charge >= 0.3 is 5.76 Å². The summed E-state index contributed by atoms with van der Waals surface area (Å²) in [5.41, 5.74) is 1.99. The van der Waals surface area contributed by atoms with Crippen LogP contribution < -0.4 is 5.76 Å². The van der Waals surface area contributed by atoms with E-state index < -0.39 is 5.76 Å². The molecule has 4 rings (SSSR count). The Balaban J connectivity index is 1.60. The lowest BCUT2D eigenvalue weighted by atomic mass is 10.0. The maximum atomic E-state index is 13.1. The molecule has 128 valence electrons. The third kappa shape index (κ3) is 2.84. The highest BCUT2D eigenvalue weighted by atomic mass is 19.1. The van der Waals surface area contributed by atoms with Crippen molar-refractivity contribution in [2.24, 2.45) is 0 Å². The highest BCUT2D eigenvalue weighted by Gasteiger charge is 2.30. The van der Waals surface area contributed by atoms with Gasteiger partial charge in [0.05, 0.1) is 11.6 Å². The fourth-order valence-electron chi connectivity index (χ4n) is 3.49. The molecule has 1 aliphatic rings. The number of amides is 1. The minimum Gasteiger partial charge on any atom is -0.408 e. The number of likely N-dealkylation sites (tertiary alicyclic amines) is 1. The average Bonchev–Trinajstić information content (AvgIpc) is 3.21. The summed E-state index contributed by atoms with van der Waals surface area (Å²) in [5.74, 6) is -0.969. The van der Waals surface area contributed by atoms with E-state index in [1.54, 1.807) is 41.3 Å². The van der Waals surface area contributed by atoms with E-state index in [2.05, 4.69) is 0 Å². The molecular weight excluding hydrogens is 323 g/mol. The molecule has 0 radical (unpaired) electrons. The quantitative estimate of drug-likeness (QED) is 0.736. The van der Waals surface area contributed by atoms with E-state index in [4.69, 9.17) is 4.42 Å². The number of fused-ring (bicyclic) bond motifs is 1. The molecule has 0 spiro atoms. The number of carbonyl (C=O) groups excluding carboxylic acids is 1. The van der Waals surface area contributed by atoms with Crippen LogP contribution in [-0.2, 0) is 11.3 Å². The Morgan fingerprint density at radius 3 is 2.72 bits per heavy atom. The van der Waals surface area contributed by atoms with Gasteiger partial charge in [-0.3, -0.25) is 9.36 Å². The number of para-hydroxylation sites is 2. The smallest absolute Gasteiger partial charge is 0.408 e. The van der Waals surface area contributed by atoms with Crippen molar-refractivity contribution in [2.75, 3.05) is 6.54 Å². The number of aromatic nitrogens is 1. The Morgan fingerprint density at radius 1 is 1.16 bits per heavy atom. The van der Waals surface area contributed by atoms with E-state index in [0.717, 1.165) is 18.4 Å². The fourth-order valence-corrected chi connectivity index (χ4v) is 3.49. The second-order valence-corrected chi connectivity index (χ2v) is 6.22. The van der Waals surface area contributed by atoms with Gasteiger partial charge in [0, 0.05) is 6.54 Å². The summed E-state index contributed by atoms with van der Waals surface area (Å²) in [7, 11) is 0. The zero-order valence-corrected chi connectivity index (χ0v) is 13.5. The van der Waals surface area contributed by atoms with Crippen LogP contribution in [-0.4, -0.2) is 21.9 Å². The standard InChI is InChI=1S/C19H17FN2O3/c20-14-9-7-13(8-10-14)15-5-3-11-21(15)18(23)12-22-16-4-1-2-6-17(16)25-19(22)24/h1-2,4,6-10,15H,3,5,11-12H2. The van der Waals surface area contributed by atoms with Crippen molar-refractivity contribution < 1.29 is 13.6 Å². The molecule has 2 heterocycles. The molecule has 1 fully saturated rings. The molecule has 1 amide bonds. The summed E-state index contributed by atoms with van der Waals surface area (Å²) < 4.78 is 19.7. The van der Waals surface area contributed by atoms with Crippen LogP contribution in [0.25, 0.3) is 11.1 Å². The summed E-state index contributed by atoms with van der Waals surface area (Å²) >= 11 is 0. The molecule has 1 aromatic heterocycles. The fraction of sp³-hybridized carbons (Fsp3) is 0.263. The zero-order chi connectivity index (χ0) is 17.4. The van der Waals surface area contributed by atoms with E-state index in [-0.39, 0.29) is 24.3 Å². The highest BCUT2D eigenvalue weighted by Crippen LogP contribution is 2.32. The molecule has 0 saturated carbocycles. The molecule has 1 saturated heterocycles. The van der Waals surface area contributed by atoms with E-state index in [1.807, 2.05) is 0 Å². The van der Waals surface area contributed by atoms with Crippen molar-refractivity contribution in [2.45, 2.75) is 25.4 Å². The predicted molar refractivity (Wildman–Crippen MR) is 90.6 cm³/mol. The van der Waals surface area contributed by atoms with Gasteiger partial charge in [0.25, 0.3) is 0 Å². The van der Waals surface area contributed by atoms with Crippen LogP contribution in [0.3, 0.4) is 0 Å². The monoisotopic (exact) mass is 340 g/mol. The minimum atomic E-state index is -0.535. The van der Waals surface area contributed by atoms with Crippen LogP contribution in [0, 0.1) is 5.82 Å². The molecule has 1 unspecified atom stereocenters. The SMILES string of the molecule is O=C(Cn1c(=O)oc2ccccc21)N1CCCC1c1ccc(F)cc1. The molecular formula is C19H17FN2O3. The third-order valence-corrected chi connectivity index (χ3v) is 4.70. The number of carbonyl (C=O) groups is 1. The Labute approximate surface area is 143 Å². The van der Waals surface area contributed by atoms with E-state index in [9.17, 15) is 14.0 Å². The molecule has 2 aromatic carbocycles. The molecule has 0 bridgehead atoms. The first-order valence-corrected chi connectivity index (χ1v) is 8.27. The summed E-state index contributed by atoms with van der Waals surface area (Å²) in [4.78, 5) is 26.6.